The van der Waals surface area contributed by atoms with E-state index in [0.717, 1.165) is 10.2 Å². The van der Waals surface area contributed by atoms with E-state index in [1.807, 2.05) is 24.3 Å². The highest BCUT2D eigenvalue weighted by Gasteiger charge is 2.08. The molecule has 2 aromatic carbocycles. The molecule has 0 unspecified atom stereocenters. The molecule has 0 radical (unpaired) electrons. The lowest BCUT2D eigenvalue weighted by atomic mass is 10.2. The number of anilines is 3. The normalized spacial score (nSPS) is 10.2. The van der Waals surface area contributed by atoms with Crippen molar-refractivity contribution in [3.05, 3.63) is 76.8 Å². The van der Waals surface area contributed by atoms with E-state index in [1.165, 1.54) is 30.6 Å². The van der Waals surface area contributed by atoms with E-state index < -0.39 is 11.7 Å². The third-order valence-corrected chi connectivity index (χ3v) is 3.57. The molecule has 0 fully saturated rings. The summed E-state index contributed by atoms with van der Waals surface area (Å²) in [6, 6.07) is 13.2. The maximum absolute atomic E-state index is 13.1. The molecule has 24 heavy (non-hydrogen) atoms. The van der Waals surface area contributed by atoms with E-state index in [1.54, 1.807) is 6.07 Å². The zero-order chi connectivity index (χ0) is 16.9. The SMILES string of the molecule is O=C(Nc1cccc(F)c1)c1cnc(Nc2cccc(Br)c2)nc1. The highest BCUT2D eigenvalue weighted by atomic mass is 79.9. The van der Waals surface area contributed by atoms with Gasteiger partial charge in [0, 0.05) is 28.2 Å². The van der Waals surface area contributed by atoms with Crippen LogP contribution in [0.3, 0.4) is 0 Å². The summed E-state index contributed by atoms with van der Waals surface area (Å²) >= 11 is 3.38. The van der Waals surface area contributed by atoms with E-state index >= 15 is 0 Å². The summed E-state index contributed by atoms with van der Waals surface area (Å²) in [5.74, 6) is -0.456. The molecule has 0 atom stereocenters. The van der Waals surface area contributed by atoms with Gasteiger partial charge in [0.25, 0.3) is 5.91 Å². The van der Waals surface area contributed by atoms with Crippen LogP contribution in [0.2, 0.25) is 0 Å². The molecule has 3 aromatic rings. The zero-order valence-corrected chi connectivity index (χ0v) is 13.9. The van der Waals surface area contributed by atoms with Gasteiger partial charge in [0.1, 0.15) is 5.82 Å². The Balaban J connectivity index is 1.68. The Morgan fingerprint density at radius 2 is 1.71 bits per heavy atom. The molecule has 3 rings (SSSR count). The highest BCUT2D eigenvalue weighted by molar-refractivity contribution is 9.10. The first-order chi connectivity index (χ1) is 11.6. The third kappa shape index (κ3) is 4.14. The summed E-state index contributed by atoms with van der Waals surface area (Å²) in [7, 11) is 0. The second kappa shape index (κ2) is 7.18. The fourth-order valence-electron chi connectivity index (χ4n) is 1.97. The van der Waals surface area contributed by atoms with Crippen LogP contribution < -0.4 is 10.6 Å². The van der Waals surface area contributed by atoms with Gasteiger partial charge in [-0.3, -0.25) is 4.79 Å². The number of hydrogen-bond donors (Lipinski definition) is 2. The number of amides is 1. The molecule has 0 saturated carbocycles. The number of rotatable bonds is 4. The molecule has 1 heterocycles. The Labute approximate surface area is 146 Å². The Kier molecular flexibility index (Phi) is 4.81. The summed E-state index contributed by atoms with van der Waals surface area (Å²) in [5.41, 5.74) is 1.47. The quantitative estimate of drug-likeness (QED) is 0.698. The van der Waals surface area contributed by atoms with Crippen LogP contribution in [0.5, 0.6) is 0 Å². The lowest BCUT2D eigenvalue weighted by Gasteiger charge is -2.07. The molecule has 0 aliphatic rings. The fourth-order valence-corrected chi connectivity index (χ4v) is 2.37. The molecule has 2 N–H and O–H groups in total. The number of nitrogens with zero attached hydrogens (tertiary/aromatic N) is 2. The minimum Gasteiger partial charge on any atom is -0.324 e. The van der Waals surface area contributed by atoms with Crippen LogP contribution >= 0.6 is 15.9 Å². The van der Waals surface area contributed by atoms with Gasteiger partial charge < -0.3 is 10.6 Å². The van der Waals surface area contributed by atoms with Gasteiger partial charge in [-0.2, -0.15) is 0 Å². The molecule has 0 aliphatic carbocycles. The largest absolute Gasteiger partial charge is 0.324 e. The van der Waals surface area contributed by atoms with Gasteiger partial charge in [-0.1, -0.05) is 28.1 Å². The summed E-state index contributed by atoms with van der Waals surface area (Å²) in [5, 5.41) is 5.62. The Bertz CT molecular complexity index is 870. The van der Waals surface area contributed by atoms with Crippen LogP contribution in [0.25, 0.3) is 0 Å². The van der Waals surface area contributed by atoms with Crippen LogP contribution in [0.1, 0.15) is 10.4 Å². The minimum atomic E-state index is -0.419. The van der Waals surface area contributed by atoms with Crippen LogP contribution in [-0.4, -0.2) is 15.9 Å². The number of benzene rings is 2. The van der Waals surface area contributed by atoms with E-state index in [-0.39, 0.29) is 5.56 Å². The third-order valence-electron chi connectivity index (χ3n) is 3.08. The van der Waals surface area contributed by atoms with Crippen LogP contribution in [0, 0.1) is 5.82 Å². The van der Waals surface area contributed by atoms with Gasteiger partial charge in [0.2, 0.25) is 5.95 Å². The summed E-state index contributed by atoms with van der Waals surface area (Å²) in [4.78, 5) is 20.3. The van der Waals surface area contributed by atoms with Crippen molar-refractivity contribution in [2.75, 3.05) is 10.6 Å². The summed E-state index contributed by atoms with van der Waals surface area (Å²) in [6.45, 7) is 0. The minimum absolute atomic E-state index is 0.277. The first-order valence-electron chi connectivity index (χ1n) is 7.02. The van der Waals surface area contributed by atoms with E-state index in [9.17, 15) is 9.18 Å². The molecule has 5 nitrogen and oxygen atoms in total. The van der Waals surface area contributed by atoms with Gasteiger partial charge in [0.05, 0.1) is 5.56 Å². The first kappa shape index (κ1) is 16.1. The van der Waals surface area contributed by atoms with Crippen molar-refractivity contribution in [2.45, 2.75) is 0 Å². The van der Waals surface area contributed by atoms with Crippen molar-refractivity contribution < 1.29 is 9.18 Å². The Hall–Kier alpha value is -2.80. The average molecular weight is 387 g/mol. The molecule has 0 aliphatic heterocycles. The number of carbonyl (C=O) groups excluding carboxylic acids is 1. The number of hydrogen-bond acceptors (Lipinski definition) is 4. The molecule has 0 saturated heterocycles. The molecule has 0 spiro atoms. The molecule has 1 aromatic heterocycles. The van der Waals surface area contributed by atoms with Crippen LogP contribution in [0.4, 0.5) is 21.7 Å². The lowest BCUT2D eigenvalue weighted by molar-refractivity contribution is 0.102. The average Bonchev–Trinajstić information content (AvgIpc) is 2.55. The molecular weight excluding hydrogens is 375 g/mol. The van der Waals surface area contributed by atoms with Crippen molar-refractivity contribution in [2.24, 2.45) is 0 Å². The van der Waals surface area contributed by atoms with E-state index in [2.05, 4.69) is 36.5 Å². The van der Waals surface area contributed by atoms with Crippen molar-refractivity contribution in [1.29, 1.82) is 0 Å². The monoisotopic (exact) mass is 386 g/mol. The Morgan fingerprint density at radius 1 is 1.00 bits per heavy atom. The maximum atomic E-state index is 13.1. The van der Waals surface area contributed by atoms with Gasteiger partial charge in [0.15, 0.2) is 0 Å². The number of aromatic nitrogens is 2. The molecule has 0 bridgehead atoms. The highest BCUT2D eigenvalue weighted by Crippen LogP contribution is 2.18. The molecule has 7 heteroatoms. The second-order valence-corrected chi connectivity index (χ2v) is 5.81. The topological polar surface area (TPSA) is 66.9 Å². The molecular formula is C17H12BrFN4O. The van der Waals surface area contributed by atoms with Crippen molar-refractivity contribution >= 4 is 39.2 Å². The van der Waals surface area contributed by atoms with Gasteiger partial charge in [-0.05, 0) is 36.4 Å². The van der Waals surface area contributed by atoms with Gasteiger partial charge >= 0.3 is 0 Å². The zero-order valence-electron chi connectivity index (χ0n) is 12.3. The molecule has 1 amide bonds. The number of carbonyl (C=O) groups is 1. The fraction of sp³-hybridized carbons (Fsp3) is 0. The molecule has 120 valence electrons. The van der Waals surface area contributed by atoms with Crippen LogP contribution in [0.15, 0.2) is 65.4 Å². The maximum Gasteiger partial charge on any atom is 0.258 e. The summed E-state index contributed by atoms with van der Waals surface area (Å²) in [6.07, 6.45) is 2.81. The van der Waals surface area contributed by atoms with Gasteiger partial charge in [-0.15, -0.1) is 0 Å². The predicted octanol–water partition coefficient (Wildman–Crippen LogP) is 4.37. The smallest absolute Gasteiger partial charge is 0.258 e. The standard InChI is InChI=1S/C17H12BrFN4O/c18-12-3-1-5-14(7-12)23-17-20-9-11(10-21-17)16(24)22-15-6-2-4-13(19)8-15/h1-10H,(H,22,24)(H,20,21,23). The van der Waals surface area contributed by atoms with Crippen molar-refractivity contribution in [3.63, 3.8) is 0 Å². The van der Waals surface area contributed by atoms with Crippen LogP contribution in [-0.2, 0) is 0 Å². The van der Waals surface area contributed by atoms with E-state index in [4.69, 9.17) is 0 Å². The lowest BCUT2D eigenvalue weighted by Crippen LogP contribution is -2.13. The second-order valence-electron chi connectivity index (χ2n) is 4.90. The Morgan fingerprint density at radius 3 is 2.42 bits per heavy atom. The van der Waals surface area contributed by atoms with E-state index in [0.29, 0.717) is 11.6 Å². The first-order valence-corrected chi connectivity index (χ1v) is 7.81. The van der Waals surface area contributed by atoms with Gasteiger partial charge in [-0.25, -0.2) is 14.4 Å². The van der Waals surface area contributed by atoms with Crippen molar-refractivity contribution in [1.82, 2.24) is 9.97 Å². The predicted molar refractivity (Wildman–Crippen MR) is 93.8 cm³/mol. The van der Waals surface area contributed by atoms with Crippen molar-refractivity contribution in [3.8, 4) is 0 Å². The number of nitrogens with one attached hydrogen (secondary N) is 2. The summed E-state index contributed by atoms with van der Waals surface area (Å²) < 4.78 is 14.0. The number of halogens is 2.